The Morgan fingerprint density at radius 3 is 2.22 bits per heavy atom. The van der Waals surface area contributed by atoms with Gasteiger partial charge < -0.3 is 16.0 Å². The third kappa shape index (κ3) is 6.95. The van der Waals surface area contributed by atoms with Crippen molar-refractivity contribution in [2.45, 2.75) is 33.2 Å². The highest BCUT2D eigenvalue weighted by Gasteiger charge is 2.24. The van der Waals surface area contributed by atoms with E-state index in [2.05, 4.69) is 16.0 Å². The number of nitrogens with one attached hydrogen (secondary N) is 3. The first-order chi connectivity index (χ1) is 10.9. The molecule has 0 aliphatic heterocycles. The monoisotopic (exact) mass is 319 g/mol. The van der Waals surface area contributed by atoms with E-state index in [1.54, 1.807) is 6.92 Å². The molecular weight excluding hydrogens is 294 g/mol. The molecule has 3 amide bonds. The minimum absolute atomic E-state index is 0.0797. The molecule has 0 saturated heterocycles. The van der Waals surface area contributed by atoms with Crippen LogP contribution in [0.15, 0.2) is 30.3 Å². The Morgan fingerprint density at radius 2 is 1.65 bits per heavy atom. The third-order valence-electron chi connectivity index (χ3n) is 3.27. The summed E-state index contributed by atoms with van der Waals surface area (Å²) in [5, 5.41) is 7.89. The number of carbonyl (C=O) groups is 3. The van der Waals surface area contributed by atoms with Gasteiger partial charge in [0, 0.05) is 6.54 Å². The maximum atomic E-state index is 12.2. The van der Waals surface area contributed by atoms with Crippen LogP contribution in [-0.2, 0) is 20.8 Å². The number of likely N-dealkylation sites (N-methyl/N-ethyl adjacent to an activating group) is 1. The fourth-order valence-corrected chi connectivity index (χ4v) is 2.08. The van der Waals surface area contributed by atoms with Crippen LogP contribution in [0.25, 0.3) is 0 Å². The molecule has 0 radical (unpaired) electrons. The summed E-state index contributed by atoms with van der Waals surface area (Å²) in [5.41, 5.74) is 0.884. The van der Waals surface area contributed by atoms with Crippen LogP contribution in [0.4, 0.5) is 0 Å². The Bertz CT molecular complexity index is 529. The molecule has 1 aromatic carbocycles. The average Bonchev–Trinajstić information content (AvgIpc) is 2.51. The van der Waals surface area contributed by atoms with Crippen LogP contribution in [0.3, 0.4) is 0 Å². The van der Waals surface area contributed by atoms with Gasteiger partial charge in [0.15, 0.2) is 0 Å². The lowest BCUT2D eigenvalue weighted by molar-refractivity contribution is -0.131. The molecule has 1 rings (SSSR count). The minimum atomic E-state index is -0.666. The van der Waals surface area contributed by atoms with Crippen LogP contribution in [0.5, 0.6) is 0 Å². The lowest BCUT2D eigenvalue weighted by Crippen LogP contribution is -2.51. The number of benzene rings is 1. The molecule has 0 heterocycles. The third-order valence-corrected chi connectivity index (χ3v) is 3.27. The minimum Gasteiger partial charge on any atom is -0.355 e. The Hall–Kier alpha value is -2.37. The molecule has 1 unspecified atom stereocenters. The van der Waals surface area contributed by atoms with E-state index in [0.717, 1.165) is 5.56 Å². The summed E-state index contributed by atoms with van der Waals surface area (Å²) in [6.07, 6.45) is 0.216. The van der Waals surface area contributed by atoms with Crippen LogP contribution >= 0.6 is 0 Å². The molecule has 0 saturated carbocycles. The molecule has 6 heteroatoms. The van der Waals surface area contributed by atoms with Crippen molar-refractivity contribution < 1.29 is 14.4 Å². The molecule has 126 valence electrons. The highest BCUT2D eigenvalue weighted by Crippen LogP contribution is 2.04. The Labute approximate surface area is 137 Å². The fourth-order valence-electron chi connectivity index (χ4n) is 2.08. The van der Waals surface area contributed by atoms with Gasteiger partial charge in [-0.3, -0.25) is 14.4 Å². The normalized spacial score (nSPS) is 11.7. The molecular formula is C17H25N3O3. The van der Waals surface area contributed by atoms with Crippen LogP contribution in [0.1, 0.15) is 26.3 Å². The lowest BCUT2D eigenvalue weighted by atomic mass is 10.0. The molecule has 0 bridgehead atoms. The van der Waals surface area contributed by atoms with Gasteiger partial charge in [0.2, 0.25) is 17.7 Å². The zero-order valence-corrected chi connectivity index (χ0v) is 13.9. The molecule has 23 heavy (non-hydrogen) atoms. The molecule has 3 N–H and O–H groups in total. The molecule has 1 atom stereocenters. The number of rotatable bonds is 8. The SMILES string of the molecule is CCNC(=O)CNC(=O)C(NC(=O)Cc1ccccc1)C(C)C. The summed E-state index contributed by atoms with van der Waals surface area (Å²) < 4.78 is 0. The molecule has 0 aliphatic carbocycles. The summed E-state index contributed by atoms with van der Waals surface area (Å²) in [6.45, 7) is 5.92. The van der Waals surface area contributed by atoms with Crippen molar-refractivity contribution in [2.24, 2.45) is 5.92 Å². The van der Waals surface area contributed by atoms with Crippen molar-refractivity contribution in [1.29, 1.82) is 0 Å². The number of hydrogen-bond donors (Lipinski definition) is 3. The topological polar surface area (TPSA) is 87.3 Å². The summed E-state index contributed by atoms with van der Waals surface area (Å²) in [5.74, 6) is -0.904. The number of hydrogen-bond acceptors (Lipinski definition) is 3. The average molecular weight is 319 g/mol. The molecule has 0 fully saturated rings. The van der Waals surface area contributed by atoms with Crippen molar-refractivity contribution in [3.05, 3.63) is 35.9 Å². The van der Waals surface area contributed by atoms with Gasteiger partial charge in [0.25, 0.3) is 0 Å². The van der Waals surface area contributed by atoms with E-state index in [9.17, 15) is 14.4 Å². The van der Waals surface area contributed by atoms with Gasteiger partial charge in [-0.15, -0.1) is 0 Å². The smallest absolute Gasteiger partial charge is 0.243 e. The zero-order valence-electron chi connectivity index (χ0n) is 13.9. The molecule has 0 aromatic heterocycles. The van der Waals surface area contributed by atoms with E-state index in [-0.39, 0.29) is 36.6 Å². The predicted molar refractivity (Wildman–Crippen MR) is 88.6 cm³/mol. The van der Waals surface area contributed by atoms with Gasteiger partial charge in [-0.1, -0.05) is 44.2 Å². The van der Waals surface area contributed by atoms with Gasteiger partial charge in [0.05, 0.1) is 13.0 Å². The van der Waals surface area contributed by atoms with E-state index >= 15 is 0 Å². The van der Waals surface area contributed by atoms with E-state index in [1.165, 1.54) is 0 Å². The first-order valence-corrected chi connectivity index (χ1v) is 7.81. The maximum absolute atomic E-state index is 12.2. The molecule has 6 nitrogen and oxygen atoms in total. The standard InChI is InChI=1S/C17H25N3O3/c1-4-18-15(22)11-19-17(23)16(12(2)3)20-14(21)10-13-8-6-5-7-9-13/h5-9,12,16H,4,10-11H2,1-3H3,(H,18,22)(H,19,23)(H,20,21). The lowest BCUT2D eigenvalue weighted by Gasteiger charge is -2.21. The number of carbonyl (C=O) groups excluding carboxylic acids is 3. The highest BCUT2D eigenvalue weighted by atomic mass is 16.2. The second kappa shape index (κ2) is 9.61. The summed E-state index contributed by atoms with van der Waals surface area (Å²) in [7, 11) is 0. The van der Waals surface area contributed by atoms with Gasteiger partial charge in [-0.05, 0) is 18.4 Å². The fraction of sp³-hybridized carbons (Fsp3) is 0.471. The Kier molecular flexibility index (Phi) is 7.80. The maximum Gasteiger partial charge on any atom is 0.243 e. The van der Waals surface area contributed by atoms with Gasteiger partial charge in [0.1, 0.15) is 6.04 Å². The zero-order chi connectivity index (χ0) is 17.2. The molecule has 1 aromatic rings. The van der Waals surface area contributed by atoms with Crippen LogP contribution in [0, 0.1) is 5.92 Å². The van der Waals surface area contributed by atoms with Gasteiger partial charge in [-0.25, -0.2) is 0 Å². The Morgan fingerprint density at radius 1 is 1.00 bits per heavy atom. The number of amides is 3. The summed E-state index contributed by atoms with van der Waals surface area (Å²) >= 11 is 0. The van der Waals surface area contributed by atoms with E-state index in [1.807, 2.05) is 44.2 Å². The van der Waals surface area contributed by atoms with Gasteiger partial charge in [-0.2, -0.15) is 0 Å². The van der Waals surface area contributed by atoms with Crippen LogP contribution in [0.2, 0.25) is 0 Å². The summed E-state index contributed by atoms with van der Waals surface area (Å²) in [4.78, 5) is 35.7. The predicted octanol–water partition coefficient (Wildman–Crippen LogP) is 0.622. The largest absolute Gasteiger partial charge is 0.355 e. The van der Waals surface area contributed by atoms with Gasteiger partial charge >= 0.3 is 0 Å². The van der Waals surface area contributed by atoms with Crippen LogP contribution < -0.4 is 16.0 Å². The second-order valence-corrected chi connectivity index (χ2v) is 5.62. The van der Waals surface area contributed by atoms with Crippen molar-refractivity contribution in [2.75, 3.05) is 13.1 Å². The van der Waals surface area contributed by atoms with Crippen molar-refractivity contribution in [3.8, 4) is 0 Å². The first-order valence-electron chi connectivity index (χ1n) is 7.81. The van der Waals surface area contributed by atoms with E-state index in [0.29, 0.717) is 6.54 Å². The van der Waals surface area contributed by atoms with Crippen LogP contribution in [-0.4, -0.2) is 36.9 Å². The first kappa shape index (κ1) is 18.7. The Balaban J connectivity index is 2.55. The highest BCUT2D eigenvalue weighted by molar-refractivity contribution is 5.91. The molecule has 0 spiro atoms. The quantitative estimate of drug-likeness (QED) is 0.656. The summed E-state index contributed by atoms with van der Waals surface area (Å²) in [6, 6.07) is 8.66. The van der Waals surface area contributed by atoms with E-state index in [4.69, 9.17) is 0 Å². The van der Waals surface area contributed by atoms with Crippen molar-refractivity contribution in [3.63, 3.8) is 0 Å². The van der Waals surface area contributed by atoms with Crippen molar-refractivity contribution >= 4 is 17.7 Å². The van der Waals surface area contributed by atoms with Crippen molar-refractivity contribution in [1.82, 2.24) is 16.0 Å². The molecule has 0 aliphatic rings. The second-order valence-electron chi connectivity index (χ2n) is 5.62. The van der Waals surface area contributed by atoms with E-state index < -0.39 is 6.04 Å².